The average Bonchev–Trinajstić information content (AvgIpc) is 3.22. The normalized spacial score (nSPS) is 21.2. The first kappa shape index (κ1) is 18.2. The molecule has 2 heterocycles. The third kappa shape index (κ3) is 3.98. The van der Waals surface area contributed by atoms with Gasteiger partial charge in [0.1, 0.15) is 0 Å². The molecule has 1 saturated carbocycles. The van der Waals surface area contributed by atoms with Gasteiger partial charge in [0.25, 0.3) is 0 Å². The highest BCUT2D eigenvalue weighted by atomic mass is 35.5. The van der Waals surface area contributed by atoms with E-state index in [2.05, 4.69) is 27.3 Å². The number of anilines is 1. The van der Waals surface area contributed by atoms with Gasteiger partial charge >= 0.3 is 0 Å². The van der Waals surface area contributed by atoms with Crippen LogP contribution in [0.5, 0.6) is 0 Å². The lowest BCUT2D eigenvalue weighted by molar-refractivity contribution is -0.116. The van der Waals surface area contributed by atoms with E-state index >= 15 is 0 Å². The van der Waals surface area contributed by atoms with Crippen molar-refractivity contribution in [1.29, 1.82) is 0 Å². The van der Waals surface area contributed by atoms with E-state index in [0.29, 0.717) is 18.5 Å². The molecule has 136 valence electrons. The van der Waals surface area contributed by atoms with E-state index in [9.17, 15) is 4.79 Å². The third-order valence-electron chi connectivity index (χ3n) is 5.38. The first-order valence-electron chi connectivity index (χ1n) is 9.31. The molecule has 1 aliphatic heterocycles. The molecule has 2 fully saturated rings. The Bertz CT molecular complexity index is 717. The zero-order valence-corrected chi connectivity index (χ0v) is 15.4. The standard InChI is InChI=1S/C19H26N4O.ClH/c24-18(13-14-7-6-12-20-14)22-19-21-16-10-4-5-11-17(16)23(19)15-8-2-1-3-9-15;/h4-5,10-11,14-15,20H,1-3,6-9,12-13H2,(H,21,22,24);1H. The maximum absolute atomic E-state index is 12.5. The second-order valence-corrected chi connectivity index (χ2v) is 7.13. The van der Waals surface area contributed by atoms with E-state index in [1.165, 1.54) is 38.5 Å². The maximum atomic E-state index is 12.5. The number of nitrogens with one attached hydrogen (secondary N) is 2. The number of para-hydroxylation sites is 2. The molecule has 1 aromatic carbocycles. The lowest BCUT2D eigenvalue weighted by Gasteiger charge is -2.25. The minimum atomic E-state index is 0. The van der Waals surface area contributed by atoms with Crippen LogP contribution in [0.2, 0.25) is 0 Å². The number of carbonyl (C=O) groups is 1. The predicted molar refractivity (Wildman–Crippen MR) is 103 cm³/mol. The van der Waals surface area contributed by atoms with Crippen molar-refractivity contribution in [1.82, 2.24) is 14.9 Å². The van der Waals surface area contributed by atoms with Crippen LogP contribution in [0.1, 0.15) is 57.4 Å². The molecule has 0 spiro atoms. The summed E-state index contributed by atoms with van der Waals surface area (Å²) in [5, 5.41) is 6.49. The quantitative estimate of drug-likeness (QED) is 0.862. The van der Waals surface area contributed by atoms with E-state index in [1.807, 2.05) is 12.1 Å². The van der Waals surface area contributed by atoms with Gasteiger partial charge in [0, 0.05) is 18.5 Å². The number of halogens is 1. The van der Waals surface area contributed by atoms with Crippen molar-refractivity contribution in [3.05, 3.63) is 24.3 Å². The molecule has 2 N–H and O–H groups in total. The van der Waals surface area contributed by atoms with Gasteiger partial charge in [-0.15, -0.1) is 12.4 Å². The number of hydrogen-bond acceptors (Lipinski definition) is 3. The molecule has 4 rings (SSSR count). The Morgan fingerprint density at radius 3 is 2.72 bits per heavy atom. The summed E-state index contributed by atoms with van der Waals surface area (Å²) >= 11 is 0. The van der Waals surface area contributed by atoms with Crippen molar-refractivity contribution < 1.29 is 4.79 Å². The van der Waals surface area contributed by atoms with Gasteiger partial charge in [-0.2, -0.15) is 0 Å². The Morgan fingerprint density at radius 2 is 1.96 bits per heavy atom. The number of benzene rings is 1. The Balaban J connectivity index is 0.00000182. The summed E-state index contributed by atoms with van der Waals surface area (Å²) in [5.41, 5.74) is 2.11. The van der Waals surface area contributed by atoms with E-state index in [-0.39, 0.29) is 18.3 Å². The fourth-order valence-corrected chi connectivity index (χ4v) is 4.17. The van der Waals surface area contributed by atoms with Crippen molar-refractivity contribution in [3.8, 4) is 0 Å². The maximum Gasteiger partial charge on any atom is 0.228 e. The van der Waals surface area contributed by atoms with E-state index in [4.69, 9.17) is 4.98 Å². The van der Waals surface area contributed by atoms with Crippen LogP contribution >= 0.6 is 12.4 Å². The summed E-state index contributed by atoms with van der Waals surface area (Å²) in [4.78, 5) is 17.2. The molecule has 1 amide bonds. The number of amides is 1. The molecule has 6 heteroatoms. The summed E-state index contributed by atoms with van der Waals surface area (Å²) in [6, 6.07) is 8.98. The van der Waals surface area contributed by atoms with Crippen LogP contribution in [0.25, 0.3) is 11.0 Å². The van der Waals surface area contributed by atoms with Gasteiger partial charge in [-0.3, -0.25) is 10.1 Å². The van der Waals surface area contributed by atoms with Crippen LogP contribution < -0.4 is 10.6 Å². The molecule has 1 aliphatic carbocycles. The van der Waals surface area contributed by atoms with Crippen LogP contribution in [-0.2, 0) is 4.79 Å². The topological polar surface area (TPSA) is 59.0 Å². The average molecular weight is 363 g/mol. The first-order valence-corrected chi connectivity index (χ1v) is 9.31. The van der Waals surface area contributed by atoms with Gasteiger partial charge < -0.3 is 9.88 Å². The second-order valence-electron chi connectivity index (χ2n) is 7.13. The molecule has 0 bridgehead atoms. The van der Waals surface area contributed by atoms with Crippen molar-refractivity contribution in [3.63, 3.8) is 0 Å². The van der Waals surface area contributed by atoms with Gasteiger partial charge in [-0.25, -0.2) is 4.98 Å². The van der Waals surface area contributed by atoms with Gasteiger partial charge in [-0.05, 0) is 44.4 Å². The summed E-state index contributed by atoms with van der Waals surface area (Å²) in [6.07, 6.45) is 8.98. The molecule has 0 radical (unpaired) electrons. The van der Waals surface area contributed by atoms with E-state index in [0.717, 1.165) is 29.9 Å². The minimum absolute atomic E-state index is 0. The van der Waals surface area contributed by atoms with Crippen LogP contribution in [0.4, 0.5) is 5.95 Å². The first-order chi connectivity index (χ1) is 11.8. The lowest BCUT2D eigenvalue weighted by Crippen LogP contribution is -2.28. The van der Waals surface area contributed by atoms with Gasteiger partial charge in [0.05, 0.1) is 11.0 Å². The Kier molecular flexibility index (Phi) is 5.97. The number of imidazole rings is 1. The summed E-state index contributed by atoms with van der Waals surface area (Å²) in [6.45, 7) is 1.03. The smallest absolute Gasteiger partial charge is 0.228 e. The number of hydrogen-bond donors (Lipinski definition) is 2. The fraction of sp³-hybridized carbons (Fsp3) is 0.579. The number of aromatic nitrogens is 2. The molecule has 5 nitrogen and oxygen atoms in total. The molecule has 1 atom stereocenters. The van der Waals surface area contributed by atoms with Gasteiger partial charge in [0.15, 0.2) is 0 Å². The highest BCUT2D eigenvalue weighted by Gasteiger charge is 2.23. The molecule has 2 aliphatic rings. The largest absolute Gasteiger partial charge is 0.313 e. The lowest BCUT2D eigenvalue weighted by atomic mass is 9.95. The zero-order chi connectivity index (χ0) is 16.4. The Hall–Kier alpha value is -1.59. The van der Waals surface area contributed by atoms with Crippen LogP contribution in [-0.4, -0.2) is 28.0 Å². The van der Waals surface area contributed by atoms with Crippen molar-refractivity contribution in [2.24, 2.45) is 0 Å². The van der Waals surface area contributed by atoms with Crippen molar-refractivity contribution >= 4 is 35.3 Å². The molecule has 2 aromatic rings. The second kappa shape index (κ2) is 8.19. The SMILES string of the molecule is Cl.O=C(CC1CCCN1)Nc1nc2ccccc2n1C1CCCCC1. The molecular weight excluding hydrogens is 336 g/mol. The molecular formula is C19H27ClN4O. The fourth-order valence-electron chi connectivity index (χ4n) is 4.17. The number of rotatable bonds is 4. The number of carbonyl (C=O) groups excluding carboxylic acids is 1. The Labute approximate surface area is 155 Å². The van der Waals surface area contributed by atoms with Crippen molar-refractivity contribution in [2.75, 3.05) is 11.9 Å². The predicted octanol–water partition coefficient (Wildman–Crippen LogP) is 4.04. The molecule has 1 saturated heterocycles. The van der Waals surface area contributed by atoms with Gasteiger partial charge in [-0.1, -0.05) is 31.4 Å². The number of fused-ring (bicyclic) bond motifs is 1. The molecule has 1 unspecified atom stereocenters. The minimum Gasteiger partial charge on any atom is -0.313 e. The van der Waals surface area contributed by atoms with Gasteiger partial charge in [0.2, 0.25) is 11.9 Å². The van der Waals surface area contributed by atoms with Crippen molar-refractivity contribution in [2.45, 2.75) is 63.5 Å². The molecule has 25 heavy (non-hydrogen) atoms. The summed E-state index contributed by atoms with van der Waals surface area (Å²) in [7, 11) is 0. The van der Waals surface area contributed by atoms with E-state index < -0.39 is 0 Å². The van der Waals surface area contributed by atoms with Crippen LogP contribution in [0.15, 0.2) is 24.3 Å². The number of nitrogens with zero attached hydrogens (tertiary/aromatic N) is 2. The summed E-state index contributed by atoms with van der Waals surface area (Å²) < 4.78 is 2.27. The zero-order valence-electron chi connectivity index (χ0n) is 14.5. The van der Waals surface area contributed by atoms with Crippen LogP contribution in [0.3, 0.4) is 0 Å². The highest BCUT2D eigenvalue weighted by molar-refractivity contribution is 5.92. The third-order valence-corrected chi connectivity index (χ3v) is 5.38. The highest BCUT2D eigenvalue weighted by Crippen LogP contribution is 2.34. The summed E-state index contributed by atoms with van der Waals surface area (Å²) in [5.74, 6) is 0.799. The Morgan fingerprint density at radius 1 is 1.16 bits per heavy atom. The molecule has 1 aromatic heterocycles. The van der Waals surface area contributed by atoms with Crippen LogP contribution in [0, 0.1) is 0 Å². The monoisotopic (exact) mass is 362 g/mol. The van der Waals surface area contributed by atoms with E-state index in [1.54, 1.807) is 0 Å².